The summed E-state index contributed by atoms with van der Waals surface area (Å²) in [5.74, 6) is 1.35. The van der Waals surface area contributed by atoms with E-state index in [0.29, 0.717) is 46.2 Å². The number of nitrogens with zero attached hydrogens (tertiary/aromatic N) is 2. The van der Waals surface area contributed by atoms with Gasteiger partial charge in [0.05, 0.1) is 10.6 Å². The van der Waals surface area contributed by atoms with E-state index in [0.717, 1.165) is 30.0 Å². The average molecular weight is 469 g/mol. The van der Waals surface area contributed by atoms with E-state index in [1.54, 1.807) is 18.6 Å². The van der Waals surface area contributed by atoms with Gasteiger partial charge in [-0.05, 0) is 82.5 Å². The van der Waals surface area contributed by atoms with Crippen molar-refractivity contribution in [3.63, 3.8) is 0 Å². The quantitative estimate of drug-likeness (QED) is 0.487. The summed E-state index contributed by atoms with van der Waals surface area (Å²) < 4.78 is 5.75. The standard InChI is InChI=1S/C27H33ClN2O3/c1-15-16(2)27(32)33-26-20(15)12-22(28)25(31)21(26)14-30-9-5-6-17-10-18-11-19(24(17)30)13-29-8-4-3-7-23(18)29/h10,12,18-19,23-24,31H,3-9,11,13-14H2,1-2H3/t18?,19?,23?,24-/m1/s1. The number of aryl methyl sites for hydroxylation is 1. The maximum atomic E-state index is 12.5. The van der Waals surface area contributed by atoms with Crippen LogP contribution in [-0.4, -0.2) is 46.6 Å². The molecule has 1 N–H and O–H groups in total. The normalized spacial score (nSPS) is 30.1. The van der Waals surface area contributed by atoms with Crippen molar-refractivity contribution >= 4 is 22.6 Å². The van der Waals surface area contributed by atoms with E-state index in [1.165, 1.54) is 45.2 Å². The highest BCUT2D eigenvalue weighted by molar-refractivity contribution is 6.33. The zero-order valence-corrected chi connectivity index (χ0v) is 20.3. The van der Waals surface area contributed by atoms with Crippen molar-refractivity contribution < 1.29 is 9.52 Å². The molecule has 4 atom stereocenters. The van der Waals surface area contributed by atoms with Crippen LogP contribution in [0.2, 0.25) is 5.02 Å². The molecule has 2 aromatic rings. The van der Waals surface area contributed by atoms with Crippen molar-refractivity contribution in [2.24, 2.45) is 11.8 Å². The van der Waals surface area contributed by atoms with Crippen molar-refractivity contribution in [3.8, 4) is 5.75 Å². The van der Waals surface area contributed by atoms with Gasteiger partial charge in [0.1, 0.15) is 11.3 Å². The molecular formula is C27H33ClN2O3. The zero-order chi connectivity index (χ0) is 22.9. The van der Waals surface area contributed by atoms with Crippen LogP contribution in [0.5, 0.6) is 5.75 Å². The summed E-state index contributed by atoms with van der Waals surface area (Å²) in [6.45, 7) is 7.63. The summed E-state index contributed by atoms with van der Waals surface area (Å²) in [6, 6.07) is 2.86. The molecule has 0 amide bonds. The van der Waals surface area contributed by atoms with Gasteiger partial charge in [-0.2, -0.15) is 0 Å². The van der Waals surface area contributed by atoms with Crippen LogP contribution in [0.25, 0.3) is 11.0 Å². The number of phenols is 1. The Labute approximate surface area is 200 Å². The Morgan fingerprint density at radius 3 is 2.88 bits per heavy atom. The topological polar surface area (TPSA) is 56.9 Å². The Hall–Kier alpha value is -1.82. The minimum Gasteiger partial charge on any atom is -0.506 e. The lowest BCUT2D eigenvalue weighted by atomic mass is 9.68. The van der Waals surface area contributed by atoms with Gasteiger partial charge in [-0.1, -0.05) is 29.7 Å². The Balaban J connectivity index is 1.40. The minimum atomic E-state index is -0.342. The van der Waals surface area contributed by atoms with Crippen LogP contribution >= 0.6 is 11.6 Å². The molecule has 3 aliphatic heterocycles. The molecule has 3 unspecified atom stereocenters. The molecule has 6 heteroatoms. The maximum absolute atomic E-state index is 12.5. The molecule has 0 spiro atoms. The largest absolute Gasteiger partial charge is 0.506 e. The SMILES string of the molecule is Cc1c(C)c2cc(Cl)c(O)c(CN3CCCC4=CC5CC(CN6CCCCC56)[C@@H]43)c2oc1=O. The first-order valence-electron chi connectivity index (χ1n) is 12.6. The summed E-state index contributed by atoms with van der Waals surface area (Å²) in [5.41, 5.74) is 3.84. The Morgan fingerprint density at radius 2 is 2.03 bits per heavy atom. The van der Waals surface area contributed by atoms with Gasteiger partial charge in [0.25, 0.3) is 0 Å². The lowest BCUT2D eigenvalue weighted by molar-refractivity contribution is -0.00274. The number of likely N-dealkylation sites (tertiary alicyclic amines) is 1. The van der Waals surface area contributed by atoms with E-state index < -0.39 is 0 Å². The van der Waals surface area contributed by atoms with Gasteiger partial charge in [0.15, 0.2) is 0 Å². The number of fused-ring (bicyclic) bond motifs is 7. The molecule has 6 rings (SSSR count). The van der Waals surface area contributed by atoms with E-state index in [1.807, 2.05) is 6.92 Å². The second kappa shape index (κ2) is 8.14. The minimum absolute atomic E-state index is 0.0418. The number of rotatable bonds is 2. The van der Waals surface area contributed by atoms with Gasteiger partial charge in [-0.25, -0.2) is 4.79 Å². The van der Waals surface area contributed by atoms with Crippen molar-refractivity contribution in [2.75, 3.05) is 19.6 Å². The molecule has 33 heavy (non-hydrogen) atoms. The Bertz CT molecular complexity index is 1200. The predicted molar refractivity (Wildman–Crippen MR) is 131 cm³/mol. The van der Waals surface area contributed by atoms with Gasteiger partial charge in [-0.3, -0.25) is 9.80 Å². The Kier molecular flexibility index (Phi) is 5.35. The molecule has 2 bridgehead atoms. The summed E-state index contributed by atoms with van der Waals surface area (Å²) in [4.78, 5) is 17.8. The number of benzene rings is 1. The molecule has 1 aromatic carbocycles. The number of piperidine rings is 3. The number of halogens is 1. The van der Waals surface area contributed by atoms with E-state index in [9.17, 15) is 9.90 Å². The van der Waals surface area contributed by atoms with Crippen molar-refractivity contribution in [2.45, 2.75) is 71.0 Å². The van der Waals surface area contributed by atoms with Crippen molar-refractivity contribution in [3.05, 3.63) is 49.8 Å². The monoisotopic (exact) mass is 468 g/mol. The van der Waals surface area contributed by atoms with Crippen LogP contribution < -0.4 is 5.63 Å². The van der Waals surface area contributed by atoms with E-state index >= 15 is 0 Å². The second-order valence-electron chi connectivity index (χ2n) is 10.7. The maximum Gasteiger partial charge on any atom is 0.339 e. The van der Waals surface area contributed by atoms with Crippen LogP contribution in [-0.2, 0) is 6.54 Å². The highest BCUT2D eigenvalue weighted by Crippen LogP contribution is 2.46. The van der Waals surface area contributed by atoms with Crippen LogP contribution in [0, 0.1) is 25.7 Å². The average Bonchev–Trinajstić information content (AvgIpc) is 2.81. The van der Waals surface area contributed by atoms with Crippen LogP contribution in [0.4, 0.5) is 0 Å². The molecule has 5 nitrogen and oxygen atoms in total. The van der Waals surface area contributed by atoms with E-state index in [4.69, 9.17) is 16.0 Å². The van der Waals surface area contributed by atoms with Crippen molar-refractivity contribution in [1.29, 1.82) is 0 Å². The number of aromatic hydroxyl groups is 1. The summed E-state index contributed by atoms with van der Waals surface area (Å²) >= 11 is 6.47. The first-order chi connectivity index (χ1) is 15.9. The fourth-order valence-electron chi connectivity index (χ4n) is 7.21. The molecular weight excluding hydrogens is 436 g/mol. The van der Waals surface area contributed by atoms with Crippen LogP contribution in [0.1, 0.15) is 55.2 Å². The fourth-order valence-corrected chi connectivity index (χ4v) is 7.43. The summed E-state index contributed by atoms with van der Waals surface area (Å²) in [5, 5.41) is 12.1. The molecule has 176 valence electrons. The highest BCUT2D eigenvalue weighted by Gasteiger charge is 2.46. The van der Waals surface area contributed by atoms with Crippen LogP contribution in [0.15, 0.2) is 26.9 Å². The van der Waals surface area contributed by atoms with Gasteiger partial charge < -0.3 is 9.52 Å². The molecule has 0 saturated carbocycles. The second-order valence-corrected chi connectivity index (χ2v) is 11.1. The third kappa shape index (κ3) is 3.46. The van der Waals surface area contributed by atoms with Crippen LogP contribution in [0.3, 0.4) is 0 Å². The van der Waals surface area contributed by atoms with Gasteiger partial charge in [0, 0.05) is 36.1 Å². The lowest BCUT2D eigenvalue weighted by Gasteiger charge is -2.54. The first-order valence-corrected chi connectivity index (χ1v) is 12.9. The van der Waals surface area contributed by atoms with Gasteiger partial charge >= 0.3 is 5.63 Å². The molecule has 3 fully saturated rings. The lowest BCUT2D eigenvalue weighted by Crippen LogP contribution is -2.59. The van der Waals surface area contributed by atoms with E-state index in [-0.39, 0.29) is 11.4 Å². The molecule has 1 aromatic heterocycles. The zero-order valence-electron chi connectivity index (χ0n) is 19.6. The predicted octanol–water partition coefficient (Wildman–Crippen LogP) is 5.16. The smallest absolute Gasteiger partial charge is 0.339 e. The number of phenolic OH excluding ortho intramolecular Hbond substituents is 1. The molecule has 4 aliphatic rings. The molecule has 1 aliphatic carbocycles. The Morgan fingerprint density at radius 1 is 1.18 bits per heavy atom. The molecule has 0 radical (unpaired) electrons. The van der Waals surface area contributed by atoms with Gasteiger partial charge in [-0.15, -0.1) is 0 Å². The fraction of sp³-hybridized carbons (Fsp3) is 0.593. The summed E-state index contributed by atoms with van der Waals surface area (Å²) in [6.07, 6.45) is 10.2. The number of hydrogen-bond acceptors (Lipinski definition) is 5. The molecule has 3 saturated heterocycles. The van der Waals surface area contributed by atoms with E-state index in [2.05, 4.69) is 15.9 Å². The third-order valence-electron chi connectivity index (χ3n) is 8.89. The highest BCUT2D eigenvalue weighted by atomic mass is 35.5. The number of hydrogen-bond donors (Lipinski definition) is 1. The first kappa shape index (κ1) is 21.7. The summed E-state index contributed by atoms with van der Waals surface area (Å²) in [7, 11) is 0. The molecule has 4 heterocycles. The van der Waals surface area contributed by atoms with Gasteiger partial charge in [0.2, 0.25) is 0 Å². The van der Waals surface area contributed by atoms with Crippen molar-refractivity contribution in [1.82, 2.24) is 9.80 Å². The third-order valence-corrected chi connectivity index (χ3v) is 9.18.